The number of alkyl halides is 1. The highest BCUT2D eigenvalue weighted by Gasteiger charge is 1.94. The standard InChI is InChI=1S/C6H5ClFNO/c7-3-5-1-4(8)2-6(10)9-5/h1-2H,3H2,(H,9,10). The minimum Gasteiger partial charge on any atom is -0.325 e. The third kappa shape index (κ3) is 1.57. The monoisotopic (exact) mass is 161 g/mol. The molecular formula is C6H5ClFNO. The van der Waals surface area contributed by atoms with Crippen molar-refractivity contribution in [1.29, 1.82) is 0 Å². The lowest BCUT2D eigenvalue weighted by molar-refractivity contribution is 0.621. The van der Waals surface area contributed by atoms with Crippen LogP contribution in [-0.4, -0.2) is 4.98 Å². The Morgan fingerprint density at radius 3 is 2.80 bits per heavy atom. The maximum Gasteiger partial charge on any atom is 0.251 e. The molecule has 2 nitrogen and oxygen atoms in total. The van der Waals surface area contributed by atoms with Crippen LogP contribution in [-0.2, 0) is 5.88 Å². The predicted octanol–water partition coefficient (Wildman–Crippen LogP) is 1.25. The molecule has 0 aliphatic heterocycles. The van der Waals surface area contributed by atoms with Crippen LogP contribution in [0.3, 0.4) is 0 Å². The van der Waals surface area contributed by atoms with Crippen LogP contribution in [0.4, 0.5) is 4.39 Å². The molecule has 0 fully saturated rings. The molecule has 0 aromatic carbocycles. The van der Waals surface area contributed by atoms with E-state index in [1.807, 2.05) is 0 Å². The van der Waals surface area contributed by atoms with E-state index < -0.39 is 11.4 Å². The molecule has 0 unspecified atom stereocenters. The third-order valence-electron chi connectivity index (χ3n) is 1.01. The second kappa shape index (κ2) is 2.84. The van der Waals surface area contributed by atoms with Crippen LogP contribution in [0.5, 0.6) is 0 Å². The lowest BCUT2D eigenvalue weighted by Crippen LogP contribution is -2.07. The molecule has 1 aromatic rings. The van der Waals surface area contributed by atoms with Crippen LogP contribution < -0.4 is 5.56 Å². The van der Waals surface area contributed by atoms with Gasteiger partial charge in [-0.25, -0.2) is 4.39 Å². The van der Waals surface area contributed by atoms with Gasteiger partial charge in [-0.3, -0.25) is 4.79 Å². The Hall–Kier alpha value is -0.830. The van der Waals surface area contributed by atoms with Gasteiger partial charge in [0, 0.05) is 11.8 Å². The van der Waals surface area contributed by atoms with Crippen LogP contribution in [0.1, 0.15) is 5.69 Å². The summed E-state index contributed by atoms with van der Waals surface area (Å²) in [6.45, 7) is 0. The Morgan fingerprint density at radius 1 is 1.60 bits per heavy atom. The summed E-state index contributed by atoms with van der Waals surface area (Å²) in [6, 6.07) is 2.06. The van der Waals surface area contributed by atoms with Crippen molar-refractivity contribution in [2.24, 2.45) is 0 Å². The lowest BCUT2D eigenvalue weighted by atomic mass is 10.4. The molecule has 4 heteroatoms. The zero-order chi connectivity index (χ0) is 7.56. The van der Waals surface area contributed by atoms with Crippen LogP contribution in [0.15, 0.2) is 16.9 Å². The van der Waals surface area contributed by atoms with Gasteiger partial charge in [-0.2, -0.15) is 0 Å². The molecule has 0 amide bonds. The zero-order valence-corrected chi connectivity index (χ0v) is 5.78. The van der Waals surface area contributed by atoms with E-state index in [-0.39, 0.29) is 5.88 Å². The Morgan fingerprint density at radius 2 is 2.30 bits per heavy atom. The number of H-pyrrole nitrogens is 1. The Labute approximate surface area is 61.6 Å². The van der Waals surface area contributed by atoms with Crippen molar-refractivity contribution < 1.29 is 4.39 Å². The molecule has 0 bridgehead atoms. The summed E-state index contributed by atoms with van der Waals surface area (Å²) in [7, 11) is 0. The second-order valence-electron chi connectivity index (χ2n) is 1.82. The summed E-state index contributed by atoms with van der Waals surface area (Å²) in [4.78, 5) is 12.9. The number of aromatic nitrogens is 1. The van der Waals surface area contributed by atoms with Gasteiger partial charge >= 0.3 is 0 Å². The molecule has 1 rings (SSSR count). The Bertz CT molecular complexity index is 283. The van der Waals surface area contributed by atoms with Crippen LogP contribution in [0, 0.1) is 5.82 Å². The molecule has 0 atom stereocenters. The van der Waals surface area contributed by atoms with Crippen molar-refractivity contribution in [2.75, 3.05) is 0 Å². The maximum atomic E-state index is 12.3. The first-order valence-electron chi connectivity index (χ1n) is 2.67. The summed E-state index contributed by atoms with van der Waals surface area (Å²) in [6.07, 6.45) is 0. The van der Waals surface area contributed by atoms with Gasteiger partial charge < -0.3 is 4.98 Å². The van der Waals surface area contributed by atoms with Crippen molar-refractivity contribution in [3.63, 3.8) is 0 Å². The van der Waals surface area contributed by atoms with Crippen LogP contribution in [0.2, 0.25) is 0 Å². The van der Waals surface area contributed by atoms with Gasteiger partial charge in [-0.1, -0.05) is 0 Å². The molecule has 0 saturated heterocycles. The summed E-state index contributed by atoms with van der Waals surface area (Å²) in [5.74, 6) is -0.438. The number of hydrogen-bond acceptors (Lipinski definition) is 1. The molecule has 1 N–H and O–H groups in total. The molecule has 0 radical (unpaired) electrons. The van der Waals surface area contributed by atoms with E-state index in [4.69, 9.17) is 11.6 Å². The second-order valence-corrected chi connectivity index (χ2v) is 2.09. The zero-order valence-electron chi connectivity index (χ0n) is 5.03. The molecular weight excluding hydrogens is 157 g/mol. The number of halogens is 2. The van der Waals surface area contributed by atoms with E-state index in [0.717, 1.165) is 6.07 Å². The van der Waals surface area contributed by atoms with Crippen LogP contribution in [0.25, 0.3) is 0 Å². The van der Waals surface area contributed by atoms with E-state index in [9.17, 15) is 9.18 Å². The summed E-state index contributed by atoms with van der Waals surface area (Å²) in [5, 5.41) is 0. The fraction of sp³-hybridized carbons (Fsp3) is 0.167. The average Bonchev–Trinajstić information content (AvgIpc) is 1.85. The van der Waals surface area contributed by atoms with Crippen molar-refractivity contribution in [3.8, 4) is 0 Å². The van der Waals surface area contributed by atoms with Crippen molar-refractivity contribution >= 4 is 11.6 Å². The van der Waals surface area contributed by atoms with E-state index in [2.05, 4.69) is 4.98 Å². The number of hydrogen-bond donors (Lipinski definition) is 1. The van der Waals surface area contributed by atoms with Gasteiger partial charge in [-0.15, -0.1) is 11.6 Å². The smallest absolute Gasteiger partial charge is 0.251 e. The topological polar surface area (TPSA) is 32.9 Å². The number of aromatic amines is 1. The van der Waals surface area contributed by atoms with Gasteiger partial charge in [-0.05, 0) is 6.07 Å². The summed E-state index contributed by atoms with van der Waals surface area (Å²) in [5.41, 5.74) is -0.0673. The normalized spacial score (nSPS) is 9.80. The van der Waals surface area contributed by atoms with Crippen molar-refractivity contribution in [2.45, 2.75) is 5.88 Å². The quantitative estimate of drug-likeness (QED) is 0.618. The average molecular weight is 162 g/mol. The number of nitrogens with one attached hydrogen (secondary N) is 1. The molecule has 10 heavy (non-hydrogen) atoms. The molecule has 0 spiro atoms. The predicted molar refractivity (Wildman–Crippen MR) is 36.6 cm³/mol. The van der Waals surface area contributed by atoms with Crippen LogP contribution >= 0.6 is 11.6 Å². The van der Waals surface area contributed by atoms with Gasteiger partial charge in [0.1, 0.15) is 5.82 Å². The SMILES string of the molecule is O=c1cc(F)cc(CCl)[nH]1. The minimum absolute atomic E-state index is 0.118. The molecule has 54 valence electrons. The van der Waals surface area contributed by atoms with E-state index in [1.165, 1.54) is 6.07 Å². The highest BCUT2D eigenvalue weighted by atomic mass is 35.5. The van der Waals surface area contributed by atoms with Gasteiger partial charge in [0.25, 0.3) is 5.56 Å². The highest BCUT2D eigenvalue weighted by molar-refractivity contribution is 6.16. The molecule has 0 saturated carbocycles. The summed E-state index contributed by atoms with van der Waals surface area (Å²) >= 11 is 5.33. The largest absolute Gasteiger partial charge is 0.325 e. The first-order valence-corrected chi connectivity index (χ1v) is 3.20. The van der Waals surface area contributed by atoms with E-state index in [0.29, 0.717) is 5.69 Å². The van der Waals surface area contributed by atoms with Crippen molar-refractivity contribution in [1.82, 2.24) is 4.98 Å². The fourth-order valence-electron chi connectivity index (χ4n) is 0.636. The van der Waals surface area contributed by atoms with E-state index in [1.54, 1.807) is 0 Å². The first kappa shape index (κ1) is 7.28. The van der Waals surface area contributed by atoms with Gasteiger partial charge in [0.15, 0.2) is 0 Å². The molecule has 0 aliphatic carbocycles. The van der Waals surface area contributed by atoms with Gasteiger partial charge in [0.05, 0.1) is 5.88 Å². The fourth-order valence-corrected chi connectivity index (χ4v) is 0.780. The summed E-state index contributed by atoms with van der Waals surface area (Å²) < 4.78 is 12.3. The highest BCUT2D eigenvalue weighted by Crippen LogP contribution is 1.98. The number of pyridine rings is 1. The number of rotatable bonds is 1. The van der Waals surface area contributed by atoms with E-state index >= 15 is 0 Å². The van der Waals surface area contributed by atoms with Gasteiger partial charge in [0.2, 0.25) is 0 Å². The maximum absolute atomic E-state index is 12.3. The third-order valence-corrected chi connectivity index (χ3v) is 1.30. The minimum atomic E-state index is -0.556. The van der Waals surface area contributed by atoms with Crippen molar-refractivity contribution in [3.05, 3.63) is 34.0 Å². The Balaban J connectivity index is 3.19. The lowest BCUT2D eigenvalue weighted by Gasteiger charge is -1.92. The first-order chi connectivity index (χ1) is 4.72. The Kier molecular flexibility index (Phi) is 2.06. The molecule has 1 aromatic heterocycles. The molecule has 1 heterocycles. The molecule has 0 aliphatic rings.